The Kier molecular flexibility index (Phi) is 5.36. The lowest BCUT2D eigenvalue weighted by molar-refractivity contribution is -0.125. The summed E-state index contributed by atoms with van der Waals surface area (Å²) >= 11 is 0. The summed E-state index contributed by atoms with van der Waals surface area (Å²) in [4.78, 5) is 22.8. The highest BCUT2D eigenvalue weighted by Crippen LogP contribution is 2.28. The SMILES string of the molecule is CCCc1c(NC)ncnc1N1CCC(C(=O)NC)CC1. The van der Waals surface area contributed by atoms with Gasteiger partial charge in [0.1, 0.15) is 18.0 Å². The smallest absolute Gasteiger partial charge is 0.222 e. The van der Waals surface area contributed by atoms with Crippen LogP contribution in [-0.4, -0.2) is 43.1 Å². The molecule has 0 bridgehead atoms. The van der Waals surface area contributed by atoms with Crippen LogP contribution in [0, 0.1) is 5.92 Å². The van der Waals surface area contributed by atoms with E-state index < -0.39 is 0 Å². The topological polar surface area (TPSA) is 70.2 Å². The number of amides is 1. The Hall–Kier alpha value is -1.85. The number of hydrogen-bond acceptors (Lipinski definition) is 5. The van der Waals surface area contributed by atoms with Gasteiger partial charge in [-0.05, 0) is 19.3 Å². The highest BCUT2D eigenvalue weighted by atomic mass is 16.1. The van der Waals surface area contributed by atoms with Gasteiger partial charge in [0.2, 0.25) is 5.91 Å². The molecule has 0 saturated carbocycles. The van der Waals surface area contributed by atoms with E-state index in [1.165, 1.54) is 5.56 Å². The van der Waals surface area contributed by atoms with Crippen molar-refractivity contribution in [1.82, 2.24) is 15.3 Å². The number of hydrogen-bond donors (Lipinski definition) is 2. The predicted octanol–water partition coefficient (Wildman–Crippen LogP) is 1.43. The van der Waals surface area contributed by atoms with Crippen molar-refractivity contribution in [3.8, 4) is 0 Å². The van der Waals surface area contributed by atoms with E-state index in [-0.39, 0.29) is 11.8 Å². The lowest BCUT2D eigenvalue weighted by atomic mass is 9.95. The number of aromatic nitrogens is 2. The molecule has 21 heavy (non-hydrogen) atoms. The molecule has 6 heteroatoms. The van der Waals surface area contributed by atoms with Crippen LogP contribution in [0.1, 0.15) is 31.7 Å². The molecule has 1 aliphatic rings. The maximum Gasteiger partial charge on any atom is 0.222 e. The molecule has 1 saturated heterocycles. The predicted molar refractivity (Wildman–Crippen MR) is 84.6 cm³/mol. The first kappa shape index (κ1) is 15.5. The van der Waals surface area contributed by atoms with Gasteiger partial charge in [-0.3, -0.25) is 4.79 Å². The summed E-state index contributed by atoms with van der Waals surface area (Å²) in [6.07, 6.45) is 5.39. The molecule has 1 aromatic heterocycles. The third kappa shape index (κ3) is 3.43. The van der Waals surface area contributed by atoms with Crippen LogP contribution in [0.4, 0.5) is 11.6 Å². The van der Waals surface area contributed by atoms with Crippen LogP contribution < -0.4 is 15.5 Å². The number of rotatable bonds is 5. The van der Waals surface area contributed by atoms with Crippen molar-refractivity contribution in [1.29, 1.82) is 0 Å². The van der Waals surface area contributed by atoms with Crippen molar-refractivity contribution >= 4 is 17.5 Å². The first-order chi connectivity index (χ1) is 10.2. The Bertz CT molecular complexity index is 483. The van der Waals surface area contributed by atoms with Gasteiger partial charge in [-0.1, -0.05) is 13.3 Å². The van der Waals surface area contributed by atoms with E-state index in [4.69, 9.17) is 0 Å². The summed E-state index contributed by atoms with van der Waals surface area (Å²) < 4.78 is 0. The van der Waals surface area contributed by atoms with Gasteiger partial charge in [-0.2, -0.15) is 0 Å². The number of carbonyl (C=O) groups excluding carboxylic acids is 1. The quantitative estimate of drug-likeness (QED) is 0.859. The molecule has 1 aliphatic heterocycles. The van der Waals surface area contributed by atoms with Crippen LogP contribution in [0.3, 0.4) is 0 Å². The van der Waals surface area contributed by atoms with Crippen molar-refractivity contribution < 1.29 is 4.79 Å². The van der Waals surface area contributed by atoms with Crippen LogP contribution in [0.2, 0.25) is 0 Å². The summed E-state index contributed by atoms with van der Waals surface area (Å²) in [5.41, 5.74) is 1.18. The summed E-state index contributed by atoms with van der Waals surface area (Å²) in [6.45, 7) is 3.90. The van der Waals surface area contributed by atoms with Gasteiger partial charge in [0.25, 0.3) is 0 Å². The van der Waals surface area contributed by atoms with Gasteiger partial charge >= 0.3 is 0 Å². The van der Waals surface area contributed by atoms with Crippen LogP contribution >= 0.6 is 0 Å². The fourth-order valence-electron chi connectivity index (χ4n) is 2.93. The molecule has 0 unspecified atom stereocenters. The summed E-state index contributed by atoms with van der Waals surface area (Å²) in [5.74, 6) is 2.22. The Morgan fingerprint density at radius 2 is 2.05 bits per heavy atom. The minimum Gasteiger partial charge on any atom is -0.373 e. The van der Waals surface area contributed by atoms with Crippen molar-refractivity contribution in [2.24, 2.45) is 5.92 Å². The fourth-order valence-corrected chi connectivity index (χ4v) is 2.93. The zero-order valence-corrected chi connectivity index (χ0v) is 13.1. The molecular weight excluding hydrogens is 266 g/mol. The number of carbonyl (C=O) groups is 1. The lowest BCUT2D eigenvalue weighted by Gasteiger charge is -2.33. The monoisotopic (exact) mass is 291 g/mol. The third-order valence-corrected chi connectivity index (χ3v) is 4.07. The number of piperidine rings is 1. The van der Waals surface area contributed by atoms with E-state index in [1.54, 1.807) is 13.4 Å². The van der Waals surface area contributed by atoms with Crippen LogP contribution in [0.5, 0.6) is 0 Å². The van der Waals surface area contributed by atoms with Crippen molar-refractivity contribution in [3.63, 3.8) is 0 Å². The molecule has 116 valence electrons. The Morgan fingerprint density at radius 3 is 2.62 bits per heavy atom. The van der Waals surface area contributed by atoms with E-state index >= 15 is 0 Å². The van der Waals surface area contributed by atoms with E-state index in [2.05, 4.69) is 32.4 Å². The van der Waals surface area contributed by atoms with Gasteiger partial charge in [-0.25, -0.2) is 9.97 Å². The molecule has 2 heterocycles. The van der Waals surface area contributed by atoms with Gasteiger partial charge in [0, 0.05) is 38.7 Å². The lowest BCUT2D eigenvalue weighted by Crippen LogP contribution is -2.40. The molecular formula is C15H25N5O. The van der Waals surface area contributed by atoms with Gasteiger partial charge < -0.3 is 15.5 Å². The molecule has 2 rings (SSSR count). The average molecular weight is 291 g/mol. The largest absolute Gasteiger partial charge is 0.373 e. The first-order valence-electron chi connectivity index (χ1n) is 7.69. The Morgan fingerprint density at radius 1 is 1.33 bits per heavy atom. The summed E-state index contributed by atoms with van der Waals surface area (Å²) in [6, 6.07) is 0. The van der Waals surface area contributed by atoms with Gasteiger partial charge in [0.15, 0.2) is 0 Å². The second kappa shape index (κ2) is 7.24. The second-order valence-electron chi connectivity index (χ2n) is 5.40. The number of nitrogens with zero attached hydrogens (tertiary/aromatic N) is 3. The molecule has 0 spiro atoms. The van der Waals surface area contributed by atoms with E-state index in [9.17, 15) is 4.79 Å². The number of anilines is 2. The molecule has 0 aromatic carbocycles. The Labute approximate surface area is 126 Å². The normalized spacial score (nSPS) is 15.9. The van der Waals surface area contributed by atoms with Crippen molar-refractivity contribution in [2.45, 2.75) is 32.6 Å². The van der Waals surface area contributed by atoms with Crippen molar-refractivity contribution in [3.05, 3.63) is 11.9 Å². The standard InChI is InChI=1S/C15H25N5O/c1-4-5-12-13(16-2)18-10-19-14(12)20-8-6-11(7-9-20)15(21)17-3/h10-11H,4-9H2,1-3H3,(H,17,21)(H,16,18,19). The zero-order valence-electron chi connectivity index (χ0n) is 13.1. The third-order valence-electron chi connectivity index (χ3n) is 4.07. The molecule has 6 nitrogen and oxygen atoms in total. The second-order valence-corrected chi connectivity index (χ2v) is 5.40. The summed E-state index contributed by atoms with van der Waals surface area (Å²) in [7, 11) is 3.60. The van der Waals surface area contributed by atoms with Gasteiger partial charge in [-0.15, -0.1) is 0 Å². The summed E-state index contributed by atoms with van der Waals surface area (Å²) in [5, 5.41) is 5.90. The highest BCUT2D eigenvalue weighted by molar-refractivity contribution is 5.78. The maximum atomic E-state index is 11.7. The molecule has 1 aromatic rings. The minimum atomic E-state index is 0.131. The molecule has 1 amide bonds. The Balaban J connectivity index is 2.14. The molecule has 2 N–H and O–H groups in total. The highest BCUT2D eigenvalue weighted by Gasteiger charge is 2.26. The number of nitrogens with one attached hydrogen (secondary N) is 2. The molecule has 0 radical (unpaired) electrons. The van der Waals surface area contributed by atoms with Crippen LogP contribution in [0.25, 0.3) is 0 Å². The minimum absolute atomic E-state index is 0.131. The molecule has 0 atom stereocenters. The molecule has 1 fully saturated rings. The van der Waals surface area contributed by atoms with Crippen LogP contribution in [-0.2, 0) is 11.2 Å². The molecule has 0 aliphatic carbocycles. The maximum absolute atomic E-state index is 11.7. The average Bonchev–Trinajstić information content (AvgIpc) is 2.54. The fraction of sp³-hybridized carbons (Fsp3) is 0.667. The van der Waals surface area contributed by atoms with E-state index in [1.807, 2.05) is 7.05 Å². The van der Waals surface area contributed by atoms with Crippen LogP contribution in [0.15, 0.2) is 6.33 Å². The van der Waals surface area contributed by atoms with E-state index in [0.717, 1.165) is 50.4 Å². The van der Waals surface area contributed by atoms with E-state index in [0.29, 0.717) is 0 Å². The van der Waals surface area contributed by atoms with Gasteiger partial charge in [0.05, 0.1) is 0 Å². The van der Waals surface area contributed by atoms with Crippen molar-refractivity contribution in [2.75, 3.05) is 37.4 Å². The first-order valence-corrected chi connectivity index (χ1v) is 7.69. The zero-order chi connectivity index (χ0) is 15.2.